The second-order valence-corrected chi connectivity index (χ2v) is 3.82. The minimum Gasteiger partial charge on any atom is -0.355 e. The van der Waals surface area contributed by atoms with Crippen molar-refractivity contribution in [3.8, 4) is 0 Å². The SMILES string of the molecule is Fc1cc(F)c2[nH]c3c(c2c1)CCNC3. The molecular weight excluding hydrogens is 198 g/mol. The van der Waals surface area contributed by atoms with Crippen LogP contribution in [-0.2, 0) is 13.0 Å². The molecule has 4 heteroatoms. The van der Waals surface area contributed by atoms with E-state index in [9.17, 15) is 8.78 Å². The highest BCUT2D eigenvalue weighted by molar-refractivity contribution is 5.85. The van der Waals surface area contributed by atoms with Crippen molar-refractivity contribution in [1.82, 2.24) is 10.3 Å². The molecule has 0 saturated carbocycles. The van der Waals surface area contributed by atoms with E-state index in [2.05, 4.69) is 10.3 Å². The number of fused-ring (bicyclic) bond motifs is 3. The largest absolute Gasteiger partial charge is 0.355 e. The van der Waals surface area contributed by atoms with Crippen molar-refractivity contribution in [2.24, 2.45) is 0 Å². The molecule has 1 aliphatic heterocycles. The van der Waals surface area contributed by atoms with E-state index >= 15 is 0 Å². The summed E-state index contributed by atoms with van der Waals surface area (Å²) in [6.45, 7) is 1.56. The van der Waals surface area contributed by atoms with Crippen LogP contribution < -0.4 is 5.32 Å². The number of hydrogen-bond acceptors (Lipinski definition) is 1. The highest BCUT2D eigenvalue weighted by Gasteiger charge is 2.17. The number of nitrogens with one attached hydrogen (secondary N) is 2. The summed E-state index contributed by atoms with van der Waals surface area (Å²) < 4.78 is 26.5. The van der Waals surface area contributed by atoms with Gasteiger partial charge in [0, 0.05) is 23.7 Å². The molecule has 0 radical (unpaired) electrons. The molecular formula is C11H10F2N2. The summed E-state index contributed by atoms with van der Waals surface area (Å²) in [6, 6.07) is 2.32. The lowest BCUT2D eigenvalue weighted by Crippen LogP contribution is -2.22. The van der Waals surface area contributed by atoms with Crippen LogP contribution >= 0.6 is 0 Å². The van der Waals surface area contributed by atoms with Crippen molar-refractivity contribution >= 4 is 10.9 Å². The predicted octanol–water partition coefficient (Wildman–Crippen LogP) is 2.09. The van der Waals surface area contributed by atoms with Crippen molar-refractivity contribution in [3.63, 3.8) is 0 Å². The highest BCUT2D eigenvalue weighted by atomic mass is 19.1. The van der Waals surface area contributed by atoms with Gasteiger partial charge < -0.3 is 10.3 Å². The van der Waals surface area contributed by atoms with Gasteiger partial charge in [0.2, 0.25) is 0 Å². The van der Waals surface area contributed by atoms with Crippen LogP contribution in [0.15, 0.2) is 12.1 Å². The Morgan fingerprint density at radius 3 is 2.93 bits per heavy atom. The maximum atomic E-state index is 13.4. The van der Waals surface area contributed by atoms with Crippen LogP contribution in [0.4, 0.5) is 8.78 Å². The zero-order valence-electron chi connectivity index (χ0n) is 8.03. The molecule has 0 unspecified atom stereocenters. The first-order chi connectivity index (χ1) is 7.25. The van der Waals surface area contributed by atoms with Gasteiger partial charge in [-0.2, -0.15) is 0 Å². The molecule has 0 saturated heterocycles. The molecule has 0 bridgehead atoms. The predicted molar refractivity (Wildman–Crippen MR) is 53.6 cm³/mol. The minimum absolute atomic E-state index is 0.421. The fraction of sp³-hybridized carbons (Fsp3) is 0.273. The molecule has 0 atom stereocenters. The van der Waals surface area contributed by atoms with Crippen LogP contribution in [0.25, 0.3) is 10.9 Å². The second kappa shape index (κ2) is 3.03. The Labute approximate surface area is 85.3 Å². The van der Waals surface area contributed by atoms with Gasteiger partial charge in [0.25, 0.3) is 0 Å². The van der Waals surface area contributed by atoms with Crippen LogP contribution in [0.3, 0.4) is 0 Å². The third-order valence-electron chi connectivity index (χ3n) is 2.87. The molecule has 0 spiro atoms. The Kier molecular flexibility index (Phi) is 1.79. The van der Waals surface area contributed by atoms with Gasteiger partial charge in [-0.25, -0.2) is 8.78 Å². The molecule has 78 valence electrons. The number of benzene rings is 1. The van der Waals surface area contributed by atoms with Crippen LogP contribution in [0.5, 0.6) is 0 Å². The van der Waals surface area contributed by atoms with Gasteiger partial charge in [-0.05, 0) is 24.6 Å². The van der Waals surface area contributed by atoms with E-state index in [1.165, 1.54) is 6.07 Å². The van der Waals surface area contributed by atoms with Crippen LogP contribution in [0.1, 0.15) is 11.3 Å². The number of halogens is 2. The average molecular weight is 208 g/mol. The summed E-state index contributed by atoms with van der Waals surface area (Å²) in [4.78, 5) is 3.01. The van der Waals surface area contributed by atoms with E-state index in [1.54, 1.807) is 0 Å². The van der Waals surface area contributed by atoms with Crippen LogP contribution in [-0.4, -0.2) is 11.5 Å². The summed E-state index contributed by atoms with van der Waals surface area (Å²) in [6.07, 6.45) is 0.818. The highest BCUT2D eigenvalue weighted by Crippen LogP contribution is 2.27. The normalized spacial score (nSPS) is 15.6. The Morgan fingerprint density at radius 1 is 1.20 bits per heavy atom. The zero-order chi connectivity index (χ0) is 10.4. The maximum absolute atomic E-state index is 13.4. The van der Waals surface area contributed by atoms with E-state index in [0.717, 1.165) is 30.3 Å². The van der Waals surface area contributed by atoms with Crippen molar-refractivity contribution in [3.05, 3.63) is 35.0 Å². The average Bonchev–Trinajstić information content (AvgIpc) is 2.57. The third-order valence-corrected chi connectivity index (χ3v) is 2.87. The molecule has 1 aliphatic rings. The quantitative estimate of drug-likeness (QED) is 0.681. The van der Waals surface area contributed by atoms with Crippen molar-refractivity contribution < 1.29 is 8.78 Å². The second-order valence-electron chi connectivity index (χ2n) is 3.82. The number of aromatic amines is 1. The number of rotatable bonds is 0. The standard InChI is InChI=1S/C11H10F2N2/c12-6-3-8-7-1-2-14-5-10(7)15-11(8)9(13)4-6/h3-4,14-15H,1-2,5H2. The Morgan fingerprint density at radius 2 is 2.07 bits per heavy atom. The molecule has 0 amide bonds. The number of H-pyrrole nitrogens is 1. The van der Waals surface area contributed by atoms with E-state index < -0.39 is 11.6 Å². The fourth-order valence-electron chi connectivity index (χ4n) is 2.19. The lowest BCUT2D eigenvalue weighted by molar-refractivity contribution is 0.590. The summed E-state index contributed by atoms with van der Waals surface area (Å²) in [5, 5.41) is 3.87. The monoisotopic (exact) mass is 208 g/mol. The van der Waals surface area contributed by atoms with Gasteiger partial charge in [0.05, 0.1) is 5.52 Å². The molecule has 15 heavy (non-hydrogen) atoms. The van der Waals surface area contributed by atoms with Gasteiger partial charge in [-0.3, -0.25) is 0 Å². The first kappa shape index (κ1) is 8.85. The number of aromatic nitrogens is 1. The topological polar surface area (TPSA) is 27.8 Å². The molecule has 1 aromatic carbocycles. The molecule has 1 aromatic heterocycles. The van der Waals surface area contributed by atoms with E-state index in [-0.39, 0.29) is 0 Å². The van der Waals surface area contributed by atoms with Gasteiger partial charge in [-0.15, -0.1) is 0 Å². The van der Waals surface area contributed by atoms with Crippen LogP contribution in [0.2, 0.25) is 0 Å². The van der Waals surface area contributed by atoms with Crippen molar-refractivity contribution in [1.29, 1.82) is 0 Å². The lowest BCUT2D eigenvalue weighted by atomic mass is 10.0. The Balaban J connectivity index is 2.37. The van der Waals surface area contributed by atoms with Gasteiger partial charge in [0.1, 0.15) is 11.6 Å². The smallest absolute Gasteiger partial charge is 0.150 e. The number of hydrogen-bond donors (Lipinski definition) is 2. The van der Waals surface area contributed by atoms with E-state index in [4.69, 9.17) is 0 Å². The molecule has 0 fully saturated rings. The summed E-state index contributed by atoms with van der Waals surface area (Å²) in [7, 11) is 0. The minimum atomic E-state index is -0.514. The third kappa shape index (κ3) is 1.25. The molecule has 2 heterocycles. The molecule has 2 N–H and O–H groups in total. The van der Waals surface area contributed by atoms with Gasteiger partial charge in [-0.1, -0.05) is 0 Å². The van der Waals surface area contributed by atoms with Crippen molar-refractivity contribution in [2.45, 2.75) is 13.0 Å². The van der Waals surface area contributed by atoms with Gasteiger partial charge in [0.15, 0.2) is 0 Å². The molecule has 2 aromatic rings. The summed E-state index contributed by atoms with van der Waals surface area (Å²) >= 11 is 0. The summed E-state index contributed by atoms with van der Waals surface area (Å²) in [5.41, 5.74) is 2.44. The van der Waals surface area contributed by atoms with Gasteiger partial charge >= 0.3 is 0 Å². The first-order valence-electron chi connectivity index (χ1n) is 4.95. The van der Waals surface area contributed by atoms with Crippen molar-refractivity contribution in [2.75, 3.05) is 6.54 Å². The fourth-order valence-corrected chi connectivity index (χ4v) is 2.19. The first-order valence-corrected chi connectivity index (χ1v) is 4.95. The maximum Gasteiger partial charge on any atom is 0.150 e. The molecule has 2 nitrogen and oxygen atoms in total. The van der Waals surface area contributed by atoms with E-state index in [0.29, 0.717) is 17.4 Å². The Hall–Kier alpha value is -1.42. The van der Waals surface area contributed by atoms with Crippen LogP contribution in [0, 0.1) is 11.6 Å². The lowest BCUT2D eigenvalue weighted by Gasteiger charge is -2.12. The zero-order valence-corrected chi connectivity index (χ0v) is 8.03. The summed E-state index contributed by atoms with van der Waals surface area (Å²) in [5.74, 6) is -1.03. The molecule has 0 aliphatic carbocycles. The Bertz CT molecular complexity index is 531. The molecule has 3 rings (SSSR count). The van der Waals surface area contributed by atoms with E-state index in [1.807, 2.05) is 0 Å².